The van der Waals surface area contributed by atoms with E-state index in [1.54, 1.807) is 7.05 Å². The summed E-state index contributed by atoms with van der Waals surface area (Å²) in [4.78, 5) is 19.0. The highest BCUT2D eigenvalue weighted by Crippen LogP contribution is 2.13. The summed E-state index contributed by atoms with van der Waals surface area (Å²) < 4.78 is 5.45. The van der Waals surface area contributed by atoms with E-state index in [0.29, 0.717) is 12.5 Å². The maximum atomic E-state index is 12.3. The monoisotopic (exact) mass is 551 g/mol. The second-order valence-corrected chi connectivity index (χ2v) is 7.54. The lowest BCUT2D eigenvalue weighted by Gasteiger charge is -2.27. The van der Waals surface area contributed by atoms with Crippen LogP contribution in [-0.4, -0.2) is 56.7 Å². The lowest BCUT2D eigenvalue weighted by atomic mass is 10.1. The summed E-state index contributed by atoms with van der Waals surface area (Å²) in [6, 6.07) is 16.3. The Morgan fingerprint density at radius 2 is 1.81 bits per heavy atom. The second-order valence-electron chi connectivity index (χ2n) is 7.54. The molecular weight excluding hydrogens is 517 g/mol. The van der Waals surface area contributed by atoms with E-state index in [-0.39, 0.29) is 36.4 Å². The molecule has 0 radical (unpaired) electrons. The van der Waals surface area contributed by atoms with Crippen molar-refractivity contribution in [1.82, 2.24) is 15.5 Å². The van der Waals surface area contributed by atoms with Gasteiger partial charge in [0.25, 0.3) is 0 Å². The normalized spacial score (nSPS) is 14.4. The molecule has 1 aliphatic heterocycles. The van der Waals surface area contributed by atoms with Crippen LogP contribution in [-0.2, 0) is 29.0 Å². The maximum absolute atomic E-state index is 12.3. The first-order chi connectivity index (χ1) is 15.2. The van der Waals surface area contributed by atoms with Crippen molar-refractivity contribution in [2.24, 2.45) is 4.99 Å². The summed E-state index contributed by atoms with van der Waals surface area (Å²) in [5.74, 6) is 0.488. The predicted molar refractivity (Wildman–Crippen MR) is 141 cm³/mol. The molecule has 174 valence electrons. The Balaban J connectivity index is 0.00000363. The molecule has 0 spiro atoms. The number of benzene rings is 2. The summed E-state index contributed by atoms with van der Waals surface area (Å²) in [5, 5.41) is 9.33. The molecule has 1 fully saturated rings. The smallest absolute Gasteiger partial charge is 0.243 e. The zero-order valence-electron chi connectivity index (χ0n) is 18.9. The first-order valence-corrected chi connectivity index (χ1v) is 10.9. The van der Waals surface area contributed by atoms with E-state index in [2.05, 4.69) is 57.0 Å². The van der Waals surface area contributed by atoms with Crippen molar-refractivity contribution < 1.29 is 9.53 Å². The zero-order chi connectivity index (χ0) is 21.9. The fourth-order valence-electron chi connectivity index (χ4n) is 3.52. The highest BCUT2D eigenvalue weighted by atomic mass is 127. The van der Waals surface area contributed by atoms with Gasteiger partial charge in [0.2, 0.25) is 5.91 Å². The van der Waals surface area contributed by atoms with Gasteiger partial charge in [-0.15, -0.1) is 24.0 Å². The Hall–Kier alpha value is -2.17. The molecular formula is C24H34IN5O2. The van der Waals surface area contributed by atoms with E-state index in [0.717, 1.165) is 45.0 Å². The summed E-state index contributed by atoms with van der Waals surface area (Å²) in [7, 11) is 1.71. The van der Waals surface area contributed by atoms with Crippen molar-refractivity contribution in [3.63, 3.8) is 0 Å². The largest absolute Gasteiger partial charge is 0.379 e. The van der Waals surface area contributed by atoms with Crippen LogP contribution < -0.4 is 16.0 Å². The van der Waals surface area contributed by atoms with E-state index in [4.69, 9.17) is 4.74 Å². The molecule has 8 heteroatoms. The number of carbonyl (C=O) groups excluding carboxylic acids is 1. The van der Waals surface area contributed by atoms with Crippen LogP contribution in [0.4, 0.5) is 5.69 Å². The van der Waals surface area contributed by atoms with Crippen LogP contribution in [0.25, 0.3) is 0 Å². The minimum Gasteiger partial charge on any atom is -0.379 e. The van der Waals surface area contributed by atoms with E-state index in [9.17, 15) is 4.79 Å². The van der Waals surface area contributed by atoms with Gasteiger partial charge in [0.15, 0.2) is 5.96 Å². The van der Waals surface area contributed by atoms with Crippen molar-refractivity contribution in [3.05, 3.63) is 65.2 Å². The van der Waals surface area contributed by atoms with E-state index < -0.39 is 0 Å². The highest BCUT2D eigenvalue weighted by Gasteiger charge is 2.13. The number of anilines is 1. The number of hydrogen-bond acceptors (Lipinski definition) is 4. The van der Waals surface area contributed by atoms with Gasteiger partial charge in [-0.1, -0.05) is 43.3 Å². The van der Waals surface area contributed by atoms with Crippen molar-refractivity contribution in [1.29, 1.82) is 0 Å². The number of nitrogens with zero attached hydrogens (tertiary/aromatic N) is 2. The van der Waals surface area contributed by atoms with Crippen LogP contribution in [0.3, 0.4) is 0 Å². The average Bonchev–Trinajstić information content (AvgIpc) is 2.81. The summed E-state index contributed by atoms with van der Waals surface area (Å²) in [6.07, 6.45) is 0.936. The lowest BCUT2D eigenvalue weighted by molar-refractivity contribution is -0.115. The third-order valence-electron chi connectivity index (χ3n) is 5.32. The molecule has 0 atom stereocenters. The third kappa shape index (κ3) is 8.40. The van der Waals surface area contributed by atoms with Crippen LogP contribution in [0.2, 0.25) is 0 Å². The molecule has 0 saturated carbocycles. The van der Waals surface area contributed by atoms with Gasteiger partial charge in [-0.25, -0.2) is 0 Å². The number of ether oxygens (including phenoxy) is 1. The number of morpholine rings is 1. The fourth-order valence-corrected chi connectivity index (χ4v) is 3.52. The molecule has 1 aliphatic rings. The van der Waals surface area contributed by atoms with Crippen molar-refractivity contribution in [3.8, 4) is 0 Å². The molecule has 2 aromatic carbocycles. The maximum Gasteiger partial charge on any atom is 0.243 e. The number of nitrogens with one attached hydrogen (secondary N) is 3. The van der Waals surface area contributed by atoms with Gasteiger partial charge in [0.05, 0.1) is 19.8 Å². The van der Waals surface area contributed by atoms with Crippen LogP contribution in [0.15, 0.2) is 53.5 Å². The minimum atomic E-state index is -0.107. The van der Waals surface area contributed by atoms with Crippen molar-refractivity contribution >= 4 is 41.5 Å². The molecule has 1 saturated heterocycles. The van der Waals surface area contributed by atoms with Crippen molar-refractivity contribution in [2.75, 3.05) is 45.2 Å². The summed E-state index contributed by atoms with van der Waals surface area (Å²) >= 11 is 0. The first kappa shape index (κ1) is 26.1. The molecule has 1 amide bonds. The number of carbonyl (C=O) groups is 1. The third-order valence-corrected chi connectivity index (χ3v) is 5.32. The van der Waals surface area contributed by atoms with Crippen LogP contribution >= 0.6 is 24.0 Å². The molecule has 1 heterocycles. The molecule has 2 aromatic rings. The summed E-state index contributed by atoms with van der Waals surface area (Å²) in [6.45, 7) is 7.29. The standard InChI is InChI=1S/C24H33N5O2.HI/c1-3-19-7-6-10-22(15-19)28-23(30)17-27-24(25-2)26-16-20-8-4-5-9-21(20)18-29-11-13-31-14-12-29;/h4-10,15H,3,11-14,16-18H2,1-2H3,(H,28,30)(H2,25,26,27);1H. The van der Waals surface area contributed by atoms with Crippen LogP contribution in [0, 0.1) is 0 Å². The molecule has 3 N–H and O–H groups in total. The minimum absolute atomic E-state index is 0. The Morgan fingerprint density at radius 3 is 2.53 bits per heavy atom. The quantitative estimate of drug-likeness (QED) is 0.267. The first-order valence-electron chi connectivity index (χ1n) is 10.9. The Kier molecular flexibility index (Phi) is 11.5. The molecule has 7 nitrogen and oxygen atoms in total. The topological polar surface area (TPSA) is 78.0 Å². The van der Waals surface area contributed by atoms with Gasteiger partial charge < -0.3 is 20.7 Å². The van der Waals surface area contributed by atoms with Crippen LogP contribution in [0.1, 0.15) is 23.6 Å². The average molecular weight is 551 g/mol. The number of amides is 1. The Labute approximate surface area is 208 Å². The number of aliphatic imine (C=N–C) groups is 1. The SMILES string of the molecule is CCc1cccc(NC(=O)CNC(=NC)NCc2ccccc2CN2CCOCC2)c1.I. The van der Waals surface area contributed by atoms with Gasteiger partial charge >= 0.3 is 0 Å². The molecule has 32 heavy (non-hydrogen) atoms. The van der Waals surface area contributed by atoms with E-state index in [1.807, 2.05) is 24.3 Å². The number of aryl methyl sites for hydroxylation is 1. The Bertz CT molecular complexity index is 884. The van der Waals surface area contributed by atoms with Gasteiger partial charge in [-0.2, -0.15) is 0 Å². The lowest BCUT2D eigenvalue weighted by Crippen LogP contribution is -2.41. The Morgan fingerprint density at radius 1 is 1.06 bits per heavy atom. The van der Waals surface area contributed by atoms with Crippen LogP contribution in [0.5, 0.6) is 0 Å². The molecule has 0 unspecified atom stereocenters. The number of guanidine groups is 1. The van der Waals surface area contributed by atoms with Gasteiger partial charge in [-0.3, -0.25) is 14.7 Å². The fraction of sp³-hybridized carbons (Fsp3) is 0.417. The molecule has 0 aromatic heterocycles. The van der Waals surface area contributed by atoms with E-state index >= 15 is 0 Å². The van der Waals surface area contributed by atoms with Crippen molar-refractivity contribution in [2.45, 2.75) is 26.4 Å². The number of hydrogen-bond donors (Lipinski definition) is 3. The second kappa shape index (κ2) is 14.1. The van der Waals surface area contributed by atoms with Gasteiger partial charge in [-0.05, 0) is 35.2 Å². The molecule has 0 bridgehead atoms. The molecule has 3 rings (SSSR count). The van der Waals surface area contributed by atoms with Gasteiger partial charge in [0.1, 0.15) is 0 Å². The summed E-state index contributed by atoms with van der Waals surface area (Å²) in [5.41, 5.74) is 4.52. The number of halogens is 1. The van der Waals surface area contributed by atoms with Gasteiger partial charge in [0, 0.05) is 38.9 Å². The zero-order valence-corrected chi connectivity index (χ0v) is 21.2. The molecule has 0 aliphatic carbocycles. The van der Waals surface area contributed by atoms with E-state index in [1.165, 1.54) is 16.7 Å². The number of rotatable bonds is 8. The predicted octanol–water partition coefficient (Wildman–Crippen LogP) is 3.00. The highest BCUT2D eigenvalue weighted by molar-refractivity contribution is 14.0.